The summed E-state index contributed by atoms with van der Waals surface area (Å²) >= 11 is 0. The Morgan fingerprint density at radius 3 is 2.46 bits per heavy atom. The second-order valence-corrected chi connectivity index (χ2v) is 12.4. The fourth-order valence-electron chi connectivity index (χ4n) is 2.49. The normalized spacial score (nSPS) is 22.7. The van der Waals surface area contributed by atoms with Gasteiger partial charge in [-0.2, -0.15) is 0 Å². The smallest absolute Gasteiger partial charge is 0.407 e. The number of hydrogen-bond donors (Lipinski definition) is 1. The molecule has 1 fully saturated rings. The highest BCUT2D eigenvalue weighted by Gasteiger charge is 2.43. The molecule has 138 valence electrons. The average Bonchev–Trinajstić information content (AvgIpc) is 2.44. The summed E-state index contributed by atoms with van der Waals surface area (Å²) in [7, 11) is -2.04. The summed E-state index contributed by atoms with van der Waals surface area (Å²) in [5, 5.41) is 9.52. The Morgan fingerprint density at radius 1 is 1.33 bits per heavy atom. The molecule has 0 aliphatic carbocycles. The number of carbonyl (C=O) groups is 2. The van der Waals surface area contributed by atoms with Gasteiger partial charge in [0, 0.05) is 12.6 Å². The van der Waals surface area contributed by atoms with Crippen LogP contribution in [-0.4, -0.2) is 55.7 Å². The van der Waals surface area contributed by atoms with Crippen LogP contribution >= 0.6 is 0 Å². The largest absolute Gasteiger partial charge is 0.465 e. The van der Waals surface area contributed by atoms with Crippen molar-refractivity contribution >= 4 is 20.4 Å². The van der Waals surface area contributed by atoms with Crippen molar-refractivity contribution in [2.75, 3.05) is 13.2 Å². The van der Waals surface area contributed by atoms with E-state index in [9.17, 15) is 14.7 Å². The Kier molecular flexibility index (Phi) is 7.04. The molecule has 1 rings (SSSR count). The zero-order valence-electron chi connectivity index (χ0n) is 15.7. The van der Waals surface area contributed by atoms with Gasteiger partial charge in [0.1, 0.15) is 0 Å². The van der Waals surface area contributed by atoms with Crippen LogP contribution in [0.5, 0.6) is 0 Å². The number of esters is 1. The Labute approximate surface area is 145 Å². The first kappa shape index (κ1) is 20.7. The van der Waals surface area contributed by atoms with Gasteiger partial charge in [0.25, 0.3) is 0 Å². The number of carboxylic acid groups (broad SMARTS) is 1. The zero-order valence-corrected chi connectivity index (χ0v) is 16.7. The van der Waals surface area contributed by atoms with Gasteiger partial charge in [-0.3, -0.25) is 4.90 Å². The molecule has 0 unspecified atom stereocenters. The summed E-state index contributed by atoms with van der Waals surface area (Å²) in [6.45, 7) is 13.2. The van der Waals surface area contributed by atoms with Crippen molar-refractivity contribution in [2.45, 2.75) is 70.8 Å². The van der Waals surface area contributed by atoms with E-state index in [4.69, 9.17) is 9.16 Å². The number of piperidine rings is 1. The van der Waals surface area contributed by atoms with Crippen LogP contribution in [-0.2, 0) is 14.0 Å². The third kappa shape index (κ3) is 5.34. The van der Waals surface area contributed by atoms with Gasteiger partial charge in [0.05, 0.1) is 18.8 Å². The van der Waals surface area contributed by atoms with Gasteiger partial charge >= 0.3 is 12.1 Å². The van der Waals surface area contributed by atoms with Crippen molar-refractivity contribution in [3.05, 3.63) is 12.2 Å². The number of nitrogens with zero attached hydrogens (tertiary/aromatic N) is 1. The number of rotatable bonds is 5. The van der Waals surface area contributed by atoms with E-state index in [0.717, 1.165) is 12.8 Å². The summed E-state index contributed by atoms with van der Waals surface area (Å²) in [6, 6.07) is -0.463. The molecule has 0 spiro atoms. The molecular formula is C17H31NO5Si. The minimum atomic E-state index is -2.04. The lowest BCUT2D eigenvalue weighted by atomic mass is 9.99. The first-order valence-corrected chi connectivity index (χ1v) is 11.4. The summed E-state index contributed by atoms with van der Waals surface area (Å²) in [5.41, 5.74) is 0. The quantitative estimate of drug-likeness (QED) is 0.462. The van der Waals surface area contributed by atoms with E-state index in [0.29, 0.717) is 13.2 Å². The van der Waals surface area contributed by atoms with Crippen LogP contribution < -0.4 is 0 Å². The summed E-state index contributed by atoms with van der Waals surface area (Å²) < 4.78 is 11.4. The maximum atomic E-state index is 11.6. The van der Waals surface area contributed by atoms with Gasteiger partial charge in [-0.05, 0) is 37.9 Å². The van der Waals surface area contributed by atoms with Gasteiger partial charge in [0.15, 0.2) is 8.32 Å². The van der Waals surface area contributed by atoms with E-state index < -0.39 is 26.4 Å². The second-order valence-electron chi connectivity index (χ2n) is 7.64. The first-order valence-electron chi connectivity index (χ1n) is 8.52. The Morgan fingerprint density at radius 2 is 1.96 bits per heavy atom. The molecule has 0 aromatic rings. The summed E-state index contributed by atoms with van der Waals surface area (Å²) in [4.78, 5) is 24.5. The number of amides is 1. The molecule has 7 heteroatoms. The van der Waals surface area contributed by atoms with Crippen LogP contribution in [0.15, 0.2) is 12.2 Å². The van der Waals surface area contributed by atoms with Crippen LogP contribution in [0.25, 0.3) is 0 Å². The molecule has 1 aliphatic heterocycles. The minimum Gasteiger partial charge on any atom is -0.465 e. The third-order valence-corrected chi connectivity index (χ3v) is 9.35. The summed E-state index contributed by atoms with van der Waals surface area (Å²) in [6.07, 6.45) is 3.25. The van der Waals surface area contributed by atoms with Gasteiger partial charge in [0.2, 0.25) is 0 Å². The van der Waals surface area contributed by atoms with Gasteiger partial charge in [-0.25, -0.2) is 9.59 Å². The Hall–Kier alpha value is -1.34. The van der Waals surface area contributed by atoms with Gasteiger partial charge < -0.3 is 14.3 Å². The lowest BCUT2D eigenvalue weighted by molar-refractivity contribution is -0.137. The van der Waals surface area contributed by atoms with E-state index >= 15 is 0 Å². The molecule has 0 aromatic heterocycles. The van der Waals surface area contributed by atoms with Crippen molar-refractivity contribution in [3.8, 4) is 0 Å². The highest BCUT2D eigenvalue weighted by molar-refractivity contribution is 6.74. The highest BCUT2D eigenvalue weighted by Crippen LogP contribution is 2.39. The van der Waals surface area contributed by atoms with Crippen LogP contribution in [0.3, 0.4) is 0 Å². The molecule has 1 N–H and O–H groups in total. The number of likely N-dealkylation sites (tertiary alicyclic amines) is 1. The van der Waals surface area contributed by atoms with E-state index in [1.54, 1.807) is 13.0 Å². The molecule has 1 heterocycles. The van der Waals surface area contributed by atoms with Crippen LogP contribution in [0.1, 0.15) is 40.5 Å². The predicted octanol–water partition coefficient (Wildman–Crippen LogP) is 3.64. The first-order chi connectivity index (χ1) is 11.0. The molecule has 0 aromatic carbocycles. The summed E-state index contributed by atoms with van der Waals surface area (Å²) in [5.74, 6) is -0.459. The SMILES string of the molecule is CCOC(=O)/C=C/[C@@H]1[C@@H](O[Si](C)(C)C(C)(C)C)CCCN1C(=O)O. The van der Waals surface area contributed by atoms with Crippen LogP contribution in [0, 0.1) is 0 Å². The number of carbonyl (C=O) groups excluding carboxylic acids is 1. The molecule has 0 bridgehead atoms. The molecule has 2 atom stereocenters. The van der Waals surface area contributed by atoms with E-state index in [-0.39, 0.29) is 11.1 Å². The monoisotopic (exact) mass is 357 g/mol. The molecule has 24 heavy (non-hydrogen) atoms. The topological polar surface area (TPSA) is 76.1 Å². The predicted molar refractivity (Wildman–Crippen MR) is 95.6 cm³/mol. The maximum absolute atomic E-state index is 11.6. The molecule has 0 saturated carbocycles. The van der Waals surface area contributed by atoms with E-state index in [2.05, 4.69) is 33.9 Å². The maximum Gasteiger partial charge on any atom is 0.407 e. The third-order valence-electron chi connectivity index (χ3n) is 4.84. The number of hydrogen-bond acceptors (Lipinski definition) is 4. The average molecular weight is 358 g/mol. The van der Waals surface area contributed by atoms with Crippen molar-refractivity contribution < 1.29 is 23.9 Å². The van der Waals surface area contributed by atoms with Crippen LogP contribution in [0.4, 0.5) is 4.79 Å². The Bertz CT molecular complexity index is 484. The number of ether oxygens (including phenoxy) is 1. The van der Waals surface area contributed by atoms with Crippen molar-refractivity contribution in [2.24, 2.45) is 0 Å². The zero-order chi connectivity index (χ0) is 18.5. The standard InChI is InChI=1S/C17H31NO5Si/c1-7-22-15(19)11-10-13-14(9-8-12-18(13)16(20)21)23-24(5,6)17(2,3)4/h10-11,13-14H,7-9,12H2,1-6H3,(H,20,21)/b11-10+/t13-,14+/m1/s1. The van der Waals surface area contributed by atoms with E-state index in [1.165, 1.54) is 11.0 Å². The fraction of sp³-hybridized carbons (Fsp3) is 0.765. The molecule has 1 saturated heterocycles. The van der Waals surface area contributed by atoms with Crippen molar-refractivity contribution in [3.63, 3.8) is 0 Å². The van der Waals surface area contributed by atoms with Gasteiger partial charge in [-0.15, -0.1) is 0 Å². The van der Waals surface area contributed by atoms with Crippen LogP contribution in [0.2, 0.25) is 18.1 Å². The Balaban J connectivity index is 3.01. The van der Waals surface area contributed by atoms with Crippen molar-refractivity contribution in [1.82, 2.24) is 4.90 Å². The molecule has 1 amide bonds. The van der Waals surface area contributed by atoms with Crippen molar-refractivity contribution in [1.29, 1.82) is 0 Å². The molecule has 1 aliphatic rings. The highest BCUT2D eigenvalue weighted by atomic mass is 28.4. The van der Waals surface area contributed by atoms with Gasteiger partial charge in [-0.1, -0.05) is 26.8 Å². The fourth-order valence-corrected chi connectivity index (χ4v) is 3.85. The van der Waals surface area contributed by atoms with E-state index in [1.807, 2.05) is 0 Å². The molecular weight excluding hydrogens is 326 g/mol. The second kappa shape index (κ2) is 8.16. The lowest BCUT2D eigenvalue weighted by Crippen LogP contribution is -2.55. The molecule has 6 nitrogen and oxygen atoms in total. The lowest BCUT2D eigenvalue weighted by Gasteiger charge is -2.45. The molecule has 0 radical (unpaired) electrons. The minimum absolute atomic E-state index is 0.0356.